The summed E-state index contributed by atoms with van der Waals surface area (Å²) in [6.07, 6.45) is -1.03. The number of rotatable bonds is 4. The van der Waals surface area contributed by atoms with E-state index < -0.39 is 28.4 Å². The van der Waals surface area contributed by atoms with Crippen molar-refractivity contribution < 1.29 is 28.7 Å². The summed E-state index contributed by atoms with van der Waals surface area (Å²) in [5.74, 6) is -1.70. The summed E-state index contributed by atoms with van der Waals surface area (Å²) >= 11 is 0. The number of nitrogens with zero attached hydrogens (tertiary/aromatic N) is 1. The van der Waals surface area contributed by atoms with Gasteiger partial charge in [0.05, 0.1) is 25.7 Å². The second kappa shape index (κ2) is 6.17. The Morgan fingerprint density at radius 1 is 1.26 bits per heavy atom. The number of carbonyl (C=O) groups is 2. The fraction of sp³-hybridized carbons (Fsp3) is 0.333. The van der Waals surface area contributed by atoms with Crippen LogP contribution < -0.4 is 0 Å². The average molecular weight is 321 g/mol. The zero-order chi connectivity index (χ0) is 17.2. The Hall–Kier alpha value is -2.74. The van der Waals surface area contributed by atoms with Crippen molar-refractivity contribution in [2.45, 2.75) is 6.10 Å². The van der Waals surface area contributed by atoms with E-state index in [1.54, 1.807) is 0 Å². The molecule has 1 aliphatic rings. The van der Waals surface area contributed by atoms with Crippen molar-refractivity contribution >= 4 is 17.6 Å². The minimum absolute atomic E-state index is 0.0359. The van der Waals surface area contributed by atoms with Crippen molar-refractivity contribution in [2.75, 3.05) is 20.8 Å². The number of non-ortho nitro benzene ring substituents is 1. The SMILES string of the molecule is C=C1COC(c2ccc([N+](=O)[O-])cc2)C1(C(=O)OC)C(=O)OC. The molecule has 0 radical (unpaired) electrons. The highest BCUT2D eigenvalue weighted by Gasteiger charge is 2.61. The maximum atomic E-state index is 12.3. The normalized spacial score (nSPS) is 19.2. The van der Waals surface area contributed by atoms with Crippen LogP contribution in [0.4, 0.5) is 5.69 Å². The molecule has 1 aromatic rings. The van der Waals surface area contributed by atoms with Crippen LogP contribution in [-0.4, -0.2) is 37.7 Å². The van der Waals surface area contributed by atoms with Gasteiger partial charge in [0, 0.05) is 12.1 Å². The first-order chi connectivity index (χ1) is 10.9. The van der Waals surface area contributed by atoms with E-state index in [9.17, 15) is 19.7 Å². The minimum Gasteiger partial charge on any atom is -0.468 e. The number of benzene rings is 1. The molecule has 1 atom stereocenters. The van der Waals surface area contributed by atoms with E-state index in [2.05, 4.69) is 6.58 Å². The Morgan fingerprint density at radius 2 is 1.78 bits per heavy atom. The van der Waals surface area contributed by atoms with Crippen molar-refractivity contribution in [1.82, 2.24) is 0 Å². The van der Waals surface area contributed by atoms with Crippen LogP contribution in [0.1, 0.15) is 11.7 Å². The number of ether oxygens (including phenoxy) is 3. The Kier molecular flexibility index (Phi) is 4.46. The van der Waals surface area contributed by atoms with Crippen LogP contribution in [0, 0.1) is 15.5 Å². The topological polar surface area (TPSA) is 105 Å². The Balaban J connectivity index is 2.54. The van der Waals surface area contributed by atoms with Crippen molar-refractivity contribution in [3.63, 3.8) is 0 Å². The zero-order valence-electron chi connectivity index (χ0n) is 12.6. The van der Waals surface area contributed by atoms with Gasteiger partial charge in [-0.1, -0.05) is 6.58 Å². The fourth-order valence-electron chi connectivity index (χ4n) is 2.63. The number of nitro groups is 1. The molecule has 2 rings (SSSR count). The van der Waals surface area contributed by atoms with Gasteiger partial charge in [-0.15, -0.1) is 0 Å². The van der Waals surface area contributed by atoms with Crippen LogP contribution >= 0.6 is 0 Å². The van der Waals surface area contributed by atoms with Gasteiger partial charge in [0.15, 0.2) is 0 Å². The monoisotopic (exact) mass is 321 g/mol. The molecule has 0 aliphatic carbocycles. The molecule has 0 saturated carbocycles. The first-order valence-corrected chi connectivity index (χ1v) is 6.60. The summed E-state index contributed by atoms with van der Waals surface area (Å²) in [4.78, 5) is 34.9. The van der Waals surface area contributed by atoms with Crippen molar-refractivity contribution in [3.05, 3.63) is 52.1 Å². The quantitative estimate of drug-likeness (QED) is 0.272. The largest absolute Gasteiger partial charge is 0.468 e. The summed E-state index contributed by atoms with van der Waals surface area (Å²) in [6, 6.07) is 5.36. The molecule has 0 amide bonds. The molecule has 1 unspecified atom stereocenters. The molecule has 0 aromatic heterocycles. The number of carbonyl (C=O) groups excluding carboxylic acids is 2. The van der Waals surface area contributed by atoms with Crippen LogP contribution in [0.5, 0.6) is 0 Å². The molecule has 8 heteroatoms. The minimum atomic E-state index is -1.83. The number of hydrogen-bond acceptors (Lipinski definition) is 7. The van der Waals surface area contributed by atoms with Gasteiger partial charge in [0.25, 0.3) is 5.69 Å². The van der Waals surface area contributed by atoms with Crippen molar-refractivity contribution in [2.24, 2.45) is 5.41 Å². The van der Waals surface area contributed by atoms with Gasteiger partial charge in [-0.3, -0.25) is 19.7 Å². The molecular weight excluding hydrogens is 306 g/mol. The standard InChI is InChI=1S/C15H15NO7/c1-9-8-23-12(10-4-6-11(7-5-10)16(19)20)15(9,13(17)21-2)14(18)22-3/h4-7,12H,1,8H2,2-3H3. The van der Waals surface area contributed by atoms with Gasteiger partial charge in [0.2, 0.25) is 5.41 Å². The van der Waals surface area contributed by atoms with Gasteiger partial charge in [-0.25, -0.2) is 0 Å². The summed E-state index contributed by atoms with van der Waals surface area (Å²) in [6.45, 7) is 3.70. The highest BCUT2D eigenvalue weighted by molar-refractivity contribution is 6.05. The number of nitro benzene ring substituents is 1. The molecular formula is C15H15NO7. The third-order valence-corrected chi connectivity index (χ3v) is 3.80. The predicted molar refractivity (Wildman–Crippen MR) is 77.4 cm³/mol. The number of esters is 2. The van der Waals surface area contributed by atoms with Gasteiger partial charge in [-0.2, -0.15) is 0 Å². The third-order valence-electron chi connectivity index (χ3n) is 3.80. The Morgan fingerprint density at radius 3 is 2.22 bits per heavy atom. The number of methoxy groups -OCH3 is 2. The average Bonchev–Trinajstić information content (AvgIpc) is 2.91. The molecule has 1 aromatic carbocycles. The predicted octanol–water partition coefficient (Wildman–Crippen LogP) is 1.55. The lowest BCUT2D eigenvalue weighted by Gasteiger charge is -2.29. The van der Waals surface area contributed by atoms with E-state index in [1.165, 1.54) is 24.3 Å². The summed E-state index contributed by atoms with van der Waals surface area (Å²) in [5.41, 5.74) is -1.34. The van der Waals surface area contributed by atoms with Gasteiger partial charge < -0.3 is 14.2 Å². The van der Waals surface area contributed by atoms with E-state index in [4.69, 9.17) is 14.2 Å². The molecule has 8 nitrogen and oxygen atoms in total. The second-order valence-corrected chi connectivity index (χ2v) is 4.93. The van der Waals surface area contributed by atoms with Crippen LogP contribution in [0.25, 0.3) is 0 Å². The maximum Gasteiger partial charge on any atom is 0.330 e. The molecule has 1 saturated heterocycles. The lowest BCUT2D eigenvalue weighted by atomic mass is 9.75. The summed E-state index contributed by atoms with van der Waals surface area (Å²) in [5, 5.41) is 10.7. The smallest absolute Gasteiger partial charge is 0.330 e. The Bertz CT molecular complexity index is 649. The molecule has 0 N–H and O–H groups in total. The third kappa shape index (κ3) is 2.46. The maximum absolute atomic E-state index is 12.3. The van der Waals surface area contributed by atoms with Crippen LogP contribution in [0.3, 0.4) is 0 Å². The highest BCUT2D eigenvalue weighted by Crippen LogP contribution is 2.50. The fourth-order valence-corrected chi connectivity index (χ4v) is 2.63. The van der Waals surface area contributed by atoms with E-state index in [1.807, 2.05) is 0 Å². The zero-order valence-corrected chi connectivity index (χ0v) is 12.6. The second-order valence-electron chi connectivity index (χ2n) is 4.93. The molecule has 23 heavy (non-hydrogen) atoms. The summed E-state index contributed by atoms with van der Waals surface area (Å²) < 4.78 is 15.1. The lowest BCUT2D eigenvalue weighted by Crippen LogP contribution is -2.44. The van der Waals surface area contributed by atoms with E-state index >= 15 is 0 Å². The van der Waals surface area contributed by atoms with Crippen molar-refractivity contribution in [1.29, 1.82) is 0 Å². The summed E-state index contributed by atoms with van der Waals surface area (Å²) in [7, 11) is 2.29. The van der Waals surface area contributed by atoms with Gasteiger partial charge in [0.1, 0.15) is 6.10 Å². The lowest BCUT2D eigenvalue weighted by molar-refractivity contribution is -0.384. The highest BCUT2D eigenvalue weighted by atomic mass is 16.6. The van der Waals surface area contributed by atoms with Crippen LogP contribution in [0.15, 0.2) is 36.4 Å². The first kappa shape index (κ1) is 16.6. The molecule has 1 fully saturated rings. The molecule has 1 heterocycles. The van der Waals surface area contributed by atoms with Crippen molar-refractivity contribution in [3.8, 4) is 0 Å². The van der Waals surface area contributed by atoms with E-state index in [0.29, 0.717) is 5.56 Å². The molecule has 122 valence electrons. The van der Waals surface area contributed by atoms with Crippen LogP contribution in [-0.2, 0) is 23.8 Å². The molecule has 1 aliphatic heterocycles. The first-order valence-electron chi connectivity index (χ1n) is 6.60. The molecule has 0 bridgehead atoms. The molecule has 0 spiro atoms. The number of hydrogen-bond donors (Lipinski definition) is 0. The van der Waals surface area contributed by atoms with Gasteiger partial charge in [-0.05, 0) is 23.3 Å². The Labute approximate surface area is 131 Å². The van der Waals surface area contributed by atoms with E-state index in [-0.39, 0.29) is 17.9 Å². The van der Waals surface area contributed by atoms with Gasteiger partial charge >= 0.3 is 11.9 Å². The van der Waals surface area contributed by atoms with Crippen LogP contribution in [0.2, 0.25) is 0 Å². The van der Waals surface area contributed by atoms with E-state index in [0.717, 1.165) is 14.2 Å².